The number of carbonyl (C=O) groups excluding carboxylic acids is 2. The zero-order valence-corrected chi connectivity index (χ0v) is 14.9. The molecule has 0 spiro atoms. The van der Waals surface area contributed by atoms with Crippen molar-refractivity contribution in [3.05, 3.63) is 30.1 Å². The Kier molecular flexibility index (Phi) is 4.83. The van der Waals surface area contributed by atoms with Gasteiger partial charge in [-0.15, -0.1) is 0 Å². The van der Waals surface area contributed by atoms with E-state index in [9.17, 15) is 14.0 Å². The Morgan fingerprint density at radius 2 is 1.81 bits per heavy atom. The van der Waals surface area contributed by atoms with E-state index in [1.165, 1.54) is 24.3 Å². The lowest BCUT2D eigenvalue weighted by Crippen LogP contribution is -2.49. The second-order valence-corrected chi connectivity index (χ2v) is 7.76. The molecular formula is C20H25FN2O3. The summed E-state index contributed by atoms with van der Waals surface area (Å²) in [6, 6.07) is 5.77. The van der Waals surface area contributed by atoms with Gasteiger partial charge >= 0.3 is 0 Å². The first-order chi connectivity index (χ1) is 12.6. The SMILES string of the molecule is O=C(C1CCC1)N1C[C@@H]2CC[C@H](C1)N(C(=O)COc1ccc(F)cc1)C2. The van der Waals surface area contributed by atoms with Gasteiger partial charge in [0.15, 0.2) is 6.61 Å². The summed E-state index contributed by atoms with van der Waals surface area (Å²) < 4.78 is 18.5. The number of hydrogen-bond donors (Lipinski definition) is 0. The quantitative estimate of drug-likeness (QED) is 0.829. The maximum absolute atomic E-state index is 12.9. The molecule has 3 saturated heterocycles. The third-order valence-corrected chi connectivity index (χ3v) is 5.98. The van der Waals surface area contributed by atoms with Crippen LogP contribution in [0.15, 0.2) is 24.3 Å². The van der Waals surface area contributed by atoms with Crippen molar-refractivity contribution in [2.75, 3.05) is 26.2 Å². The standard InChI is InChI=1S/C20H25FN2O3/c21-16-5-8-18(9-6-16)26-13-19(24)23-11-14-4-7-17(23)12-22(10-14)20(25)15-2-1-3-15/h5-6,8-9,14-15,17H,1-4,7,10-13H2/t14-,17+/m0/s1. The zero-order chi connectivity index (χ0) is 18.1. The van der Waals surface area contributed by atoms with Crippen molar-refractivity contribution in [2.24, 2.45) is 11.8 Å². The summed E-state index contributed by atoms with van der Waals surface area (Å²) in [5, 5.41) is 0. The van der Waals surface area contributed by atoms with Gasteiger partial charge in [0.2, 0.25) is 5.91 Å². The number of ether oxygens (including phenoxy) is 1. The predicted molar refractivity (Wildman–Crippen MR) is 94.0 cm³/mol. The molecule has 1 aromatic carbocycles. The molecule has 3 heterocycles. The fraction of sp³-hybridized carbons (Fsp3) is 0.600. The molecule has 1 aliphatic carbocycles. The number of piperidine rings is 1. The van der Waals surface area contributed by atoms with E-state index in [0.717, 1.165) is 38.6 Å². The van der Waals surface area contributed by atoms with Gasteiger partial charge in [0.05, 0.1) is 0 Å². The number of amides is 2. The number of fused-ring (bicyclic) bond motifs is 4. The van der Waals surface area contributed by atoms with Crippen LogP contribution >= 0.6 is 0 Å². The van der Waals surface area contributed by atoms with Crippen LogP contribution in [-0.4, -0.2) is 53.9 Å². The van der Waals surface area contributed by atoms with Crippen LogP contribution in [0.1, 0.15) is 32.1 Å². The molecule has 2 amide bonds. The number of halogens is 1. The number of carbonyl (C=O) groups is 2. The second-order valence-electron chi connectivity index (χ2n) is 7.76. The van der Waals surface area contributed by atoms with Gasteiger partial charge in [-0.3, -0.25) is 9.59 Å². The van der Waals surface area contributed by atoms with Gasteiger partial charge in [0.1, 0.15) is 11.6 Å². The van der Waals surface area contributed by atoms with Gasteiger partial charge < -0.3 is 14.5 Å². The summed E-state index contributed by atoms with van der Waals surface area (Å²) in [6.45, 7) is 2.07. The van der Waals surface area contributed by atoms with Gasteiger partial charge in [-0.1, -0.05) is 6.42 Å². The van der Waals surface area contributed by atoms with Crippen LogP contribution in [-0.2, 0) is 9.59 Å². The maximum atomic E-state index is 12.9. The molecule has 140 valence electrons. The van der Waals surface area contributed by atoms with Gasteiger partial charge in [0.25, 0.3) is 5.91 Å². The van der Waals surface area contributed by atoms with Crippen molar-refractivity contribution in [1.29, 1.82) is 0 Å². The first kappa shape index (κ1) is 17.3. The molecule has 4 fully saturated rings. The summed E-state index contributed by atoms with van der Waals surface area (Å²) >= 11 is 0. The molecule has 3 aliphatic heterocycles. The van der Waals surface area contributed by atoms with Crippen molar-refractivity contribution in [2.45, 2.75) is 38.1 Å². The second kappa shape index (κ2) is 7.25. The van der Waals surface area contributed by atoms with Crippen molar-refractivity contribution in [1.82, 2.24) is 9.80 Å². The zero-order valence-electron chi connectivity index (χ0n) is 14.9. The summed E-state index contributed by atoms with van der Waals surface area (Å²) in [6.07, 6.45) is 5.20. The smallest absolute Gasteiger partial charge is 0.260 e. The fourth-order valence-electron chi connectivity index (χ4n) is 4.24. The molecule has 0 N–H and O–H groups in total. The number of rotatable bonds is 4. The molecular weight excluding hydrogens is 335 g/mol. The lowest BCUT2D eigenvalue weighted by atomic mass is 9.84. The molecule has 26 heavy (non-hydrogen) atoms. The van der Waals surface area contributed by atoms with Crippen molar-refractivity contribution in [3.63, 3.8) is 0 Å². The molecule has 4 aliphatic rings. The lowest BCUT2D eigenvalue weighted by Gasteiger charge is -2.36. The maximum Gasteiger partial charge on any atom is 0.260 e. The molecule has 0 aromatic heterocycles. The summed E-state index contributed by atoms with van der Waals surface area (Å²) in [7, 11) is 0. The summed E-state index contributed by atoms with van der Waals surface area (Å²) in [5.74, 6) is 0.948. The average molecular weight is 360 g/mol. The first-order valence-corrected chi connectivity index (χ1v) is 9.57. The Morgan fingerprint density at radius 3 is 2.50 bits per heavy atom. The highest BCUT2D eigenvalue weighted by atomic mass is 19.1. The van der Waals surface area contributed by atoms with E-state index in [0.29, 0.717) is 24.8 Å². The molecule has 0 radical (unpaired) electrons. The highest BCUT2D eigenvalue weighted by molar-refractivity contribution is 5.81. The fourth-order valence-corrected chi connectivity index (χ4v) is 4.24. The molecule has 6 heteroatoms. The van der Waals surface area contributed by atoms with E-state index >= 15 is 0 Å². The number of nitrogens with zero attached hydrogens (tertiary/aromatic N) is 2. The number of hydrogen-bond acceptors (Lipinski definition) is 3. The topological polar surface area (TPSA) is 49.9 Å². The van der Waals surface area contributed by atoms with Crippen LogP contribution < -0.4 is 4.74 Å². The van der Waals surface area contributed by atoms with Gasteiger partial charge in [-0.05, 0) is 55.9 Å². The third kappa shape index (κ3) is 3.55. The molecule has 5 rings (SSSR count). The Morgan fingerprint density at radius 1 is 1.04 bits per heavy atom. The van der Waals surface area contributed by atoms with Crippen LogP contribution in [0.2, 0.25) is 0 Å². The van der Waals surface area contributed by atoms with Crippen molar-refractivity contribution in [3.8, 4) is 5.75 Å². The normalized spacial score (nSPS) is 25.6. The summed E-state index contributed by atoms with van der Waals surface area (Å²) in [4.78, 5) is 29.2. The molecule has 2 atom stereocenters. The van der Waals surface area contributed by atoms with Gasteiger partial charge in [-0.2, -0.15) is 0 Å². The summed E-state index contributed by atoms with van der Waals surface area (Å²) in [5.41, 5.74) is 0. The molecule has 5 nitrogen and oxygen atoms in total. The Hall–Kier alpha value is -2.11. The monoisotopic (exact) mass is 360 g/mol. The molecule has 2 bridgehead atoms. The largest absolute Gasteiger partial charge is 0.484 e. The average Bonchev–Trinajstić information content (AvgIpc) is 2.91. The van der Waals surface area contributed by atoms with Crippen LogP contribution in [0.4, 0.5) is 4.39 Å². The van der Waals surface area contributed by atoms with Crippen molar-refractivity contribution >= 4 is 11.8 Å². The molecule has 0 unspecified atom stereocenters. The van der Waals surface area contributed by atoms with Gasteiger partial charge in [0, 0.05) is 31.6 Å². The van der Waals surface area contributed by atoms with Crippen LogP contribution in [0.3, 0.4) is 0 Å². The highest BCUT2D eigenvalue weighted by Gasteiger charge is 2.40. The van der Waals surface area contributed by atoms with Crippen molar-refractivity contribution < 1.29 is 18.7 Å². The molecule has 1 saturated carbocycles. The predicted octanol–water partition coefficient (Wildman–Crippen LogP) is 2.45. The minimum Gasteiger partial charge on any atom is -0.484 e. The van der Waals surface area contributed by atoms with Gasteiger partial charge in [-0.25, -0.2) is 4.39 Å². The van der Waals surface area contributed by atoms with E-state index in [2.05, 4.69) is 0 Å². The highest BCUT2D eigenvalue weighted by Crippen LogP contribution is 2.33. The molecule has 1 aromatic rings. The Balaban J connectivity index is 1.37. The minimum absolute atomic E-state index is 0.0502. The third-order valence-electron chi connectivity index (χ3n) is 5.98. The number of benzene rings is 1. The lowest BCUT2D eigenvalue weighted by molar-refractivity contribution is -0.140. The van der Waals surface area contributed by atoms with E-state index in [1.807, 2.05) is 9.80 Å². The van der Waals surface area contributed by atoms with Crippen LogP contribution in [0.5, 0.6) is 5.75 Å². The van der Waals surface area contributed by atoms with Crippen LogP contribution in [0.25, 0.3) is 0 Å². The Bertz CT molecular complexity index is 674. The first-order valence-electron chi connectivity index (χ1n) is 9.57. The van der Waals surface area contributed by atoms with E-state index in [-0.39, 0.29) is 36.2 Å². The van der Waals surface area contributed by atoms with E-state index in [4.69, 9.17) is 4.74 Å². The van der Waals surface area contributed by atoms with E-state index in [1.54, 1.807) is 0 Å². The Labute approximate surface area is 153 Å². The minimum atomic E-state index is -0.329. The van der Waals surface area contributed by atoms with Crippen LogP contribution in [0, 0.1) is 17.7 Å². The van der Waals surface area contributed by atoms with E-state index < -0.39 is 0 Å².